The van der Waals surface area contributed by atoms with Gasteiger partial charge in [0, 0.05) is 24.5 Å². The lowest BCUT2D eigenvalue weighted by Gasteiger charge is -2.31. The maximum Gasteiger partial charge on any atom is 0.226 e. The number of hydrogen-bond donors (Lipinski definition) is 1. The van der Waals surface area contributed by atoms with Crippen LogP contribution in [0.2, 0.25) is 0 Å². The van der Waals surface area contributed by atoms with Crippen molar-refractivity contribution >= 4 is 17.2 Å². The molecular formula is C20H27N3O2S. The standard InChI is InChI=1S/C20H27N3O2S/c1-14-4-6-17(7-5-14)19(13-23-8-10-25-11-9-23)22-20(24)12-18-15(2)26-16(3)21-18/h4-7,19H,8-13H2,1-3H3,(H,22,24). The van der Waals surface area contributed by atoms with E-state index in [1.54, 1.807) is 11.3 Å². The van der Waals surface area contributed by atoms with Crippen molar-refractivity contribution in [3.63, 3.8) is 0 Å². The van der Waals surface area contributed by atoms with Crippen molar-refractivity contribution in [2.24, 2.45) is 0 Å². The molecule has 6 heteroatoms. The molecule has 1 fully saturated rings. The van der Waals surface area contributed by atoms with Crippen LogP contribution in [0.5, 0.6) is 0 Å². The minimum atomic E-state index is -0.0266. The molecule has 1 aromatic heterocycles. The third-order valence-electron chi connectivity index (χ3n) is 4.69. The highest BCUT2D eigenvalue weighted by atomic mass is 32.1. The lowest BCUT2D eigenvalue weighted by atomic mass is 10.0. The topological polar surface area (TPSA) is 54.5 Å². The number of benzene rings is 1. The third-order valence-corrected chi connectivity index (χ3v) is 5.62. The van der Waals surface area contributed by atoms with Crippen molar-refractivity contribution in [2.45, 2.75) is 33.2 Å². The van der Waals surface area contributed by atoms with E-state index in [0.717, 1.165) is 54.0 Å². The van der Waals surface area contributed by atoms with Crippen LogP contribution in [0.15, 0.2) is 24.3 Å². The van der Waals surface area contributed by atoms with E-state index in [2.05, 4.69) is 46.4 Å². The molecule has 0 spiro atoms. The summed E-state index contributed by atoms with van der Waals surface area (Å²) in [5, 5.41) is 4.24. The Morgan fingerprint density at radius 3 is 2.54 bits per heavy atom. The van der Waals surface area contributed by atoms with E-state index >= 15 is 0 Å². The van der Waals surface area contributed by atoms with E-state index in [9.17, 15) is 4.79 Å². The van der Waals surface area contributed by atoms with Gasteiger partial charge in [-0.3, -0.25) is 9.69 Å². The summed E-state index contributed by atoms with van der Waals surface area (Å²) in [6.45, 7) is 10.2. The van der Waals surface area contributed by atoms with Gasteiger partial charge >= 0.3 is 0 Å². The SMILES string of the molecule is Cc1ccc(C(CN2CCOCC2)NC(=O)Cc2nc(C)sc2C)cc1. The molecule has 1 N–H and O–H groups in total. The average molecular weight is 374 g/mol. The number of amides is 1. The van der Waals surface area contributed by atoms with E-state index in [1.807, 2.05) is 13.8 Å². The van der Waals surface area contributed by atoms with E-state index in [4.69, 9.17) is 4.74 Å². The molecule has 26 heavy (non-hydrogen) atoms. The molecule has 1 saturated heterocycles. The van der Waals surface area contributed by atoms with Crippen LogP contribution in [0, 0.1) is 20.8 Å². The van der Waals surface area contributed by atoms with Gasteiger partial charge in [-0.1, -0.05) is 29.8 Å². The van der Waals surface area contributed by atoms with Crippen molar-refractivity contribution in [3.8, 4) is 0 Å². The molecule has 1 aromatic carbocycles. The summed E-state index contributed by atoms with van der Waals surface area (Å²) in [5.41, 5.74) is 3.25. The minimum absolute atomic E-state index is 0.0252. The predicted octanol–water partition coefficient (Wildman–Crippen LogP) is 2.80. The van der Waals surface area contributed by atoms with Crippen LogP contribution >= 0.6 is 11.3 Å². The summed E-state index contributed by atoms with van der Waals surface area (Å²) in [6, 6.07) is 8.39. The second-order valence-electron chi connectivity index (χ2n) is 6.86. The average Bonchev–Trinajstić information content (AvgIpc) is 2.93. The molecule has 0 aliphatic carbocycles. The van der Waals surface area contributed by atoms with Gasteiger partial charge in [0.1, 0.15) is 0 Å². The fourth-order valence-corrected chi connectivity index (χ4v) is 4.04. The van der Waals surface area contributed by atoms with Crippen LogP contribution < -0.4 is 5.32 Å². The Bertz CT molecular complexity index is 736. The highest BCUT2D eigenvalue weighted by molar-refractivity contribution is 7.11. The number of carbonyl (C=O) groups is 1. The number of nitrogens with zero attached hydrogens (tertiary/aromatic N) is 2. The number of hydrogen-bond acceptors (Lipinski definition) is 5. The van der Waals surface area contributed by atoms with Crippen molar-refractivity contribution in [1.82, 2.24) is 15.2 Å². The van der Waals surface area contributed by atoms with Gasteiger partial charge in [0.15, 0.2) is 0 Å². The Labute approximate surface area is 159 Å². The van der Waals surface area contributed by atoms with Crippen LogP contribution in [0.1, 0.15) is 32.7 Å². The lowest BCUT2D eigenvalue weighted by molar-refractivity contribution is -0.121. The first-order chi connectivity index (χ1) is 12.5. The molecule has 1 unspecified atom stereocenters. The van der Waals surface area contributed by atoms with Crippen LogP contribution in [0.3, 0.4) is 0 Å². The number of thiazole rings is 1. The van der Waals surface area contributed by atoms with Gasteiger partial charge in [0.25, 0.3) is 0 Å². The summed E-state index contributed by atoms with van der Waals surface area (Å²) in [7, 11) is 0. The number of morpholine rings is 1. The minimum Gasteiger partial charge on any atom is -0.379 e. The van der Waals surface area contributed by atoms with E-state index in [1.165, 1.54) is 5.56 Å². The molecule has 0 radical (unpaired) electrons. The van der Waals surface area contributed by atoms with Crippen LogP contribution in [0.25, 0.3) is 0 Å². The van der Waals surface area contributed by atoms with Gasteiger partial charge in [-0.05, 0) is 26.3 Å². The number of carbonyl (C=O) groups excluding carboxylic acids is 1. The molecule has 5 nitrogen and oxygen atoms in total. The Morgan fingerprint density at radius 2 is 1.92 bits per heavy atom. The highest BCUT2D eigenvalue weighted by Crippen LogP contribution is 2.19. The summed E-state index contributed by atoms with van der Waals surface area (Å²) in [6.07, 6.45) is 0.335. The monoisotopic (exact) mass is 373 g/mol. The summed E-state index contributed by atoms with van der Waals surface area (Å²) in [5.74, 6) is 0.0252. The van der Waals surface area contributed by atoms with Gasteiger partial charge in [-0.15, -0.1) is 11.3 Å². The van der Waals surface area contributed by atoms with Crippen LogP contribution in [-0.4, -0.2) is 48.6 Å². The largest absolute Gasteiger partial charge is 0.379 e. The highest BCUT2D eigenvalue weighted by Gasteiger charge is 2.21. The second-order valence-corrected chi connectivity index (χ2v) is 8.26. The van der Waals surface area contributed by atoms with Crippen LogP contribution in [-0.2, 0) is 16.0 Å². The number of ether oxygens (including phenoxy) is 1. The Balaban J connectivity index is 1.70. The van der Waals surface area contributed by atoms with Gasteiger partial charge in [0.05, 0.1) is 36.4 Å². The number of rotatable bonds is 6. The molecule has 1 aliphatic heterocycles. The fraction of sp³-hybridized carbons (Fsp3) is 0.500. The van der Waals surface area contributed by atoms with Gasteiger partial charge in [-0.2, -0.15) is 0 Å². The molecule has 2 heterocycles. The number of nitrogens with one attached hydrogen (secondary N) is 1. The smallest absolute Gasteiger partial charge is 0.226 e. The third kappa shape index (κ3) is 5.13. The zero-order valence-corrected chi connectivity index (χ0v) is 16.6. The molecule has 0 saturated carbocycles. The maximum absolute atomic E-state index is 12.7. The van der Waals surface area contributed by atoms with Crippen molar-refractivity contribution in [2.75, 3.05) is 32.8 Å². The zero-order valence-electron chi connectivity index (χ0n) is 15.7. The Hall–Kier alpha value is -1.76. The summed E-state index contributed by atoms with van der Waals surface area (Å²) in [4.78, 5) is 20.6. The molecule has 1 aliphatic rings. The maximum atomic E-state index is 12.7. The van der Waals surface area contributed by atoms with Crippen molar-refractivity contribution in [3.05, 3.63) is 51.0 Å². The molecular weight excluding hydrogens is 346 g/mol. The van der Waals surface area contributed by atoms with E-state index < -0.39 is 0 Å². The summed E-state index contributed by atoms with van der Waals surface area (Å²) < 4.78 is 5.44. The van der Waals surface area contributed by atoms with Crippen molar-refractivity contribution < 1.29 is 9.53 Å². The molecule has 2 aromatic rings. The number of aromatic nitrogens is 1. The Kier molecular flexibility index (Phi) is 6.40. The Morgan fingerprint density at radius 1 is 1.23 bits per heavy atom. The fourth-order valence-electron chi connectivity index (χ4n) is 3.21. The van der Waals surface area contributed by atoms with Crippen molar-refractivity contribution in [1.29, 1.82) is 0 Å². The lowest BCUT2D eigenvalue weighted by Crippen LogP contribution is -2.43. The second kappa shape index (κ2) is 8.75. The number of aryl methyl sites for hydroxylation is 3. The molecule has 1 amide bonds. The van der Waals surface area contributed by atoms with Gasteiger partial charge in [-0.25, -0.2) is 4.98 Å². The zero-order chi connectivity index (χ0) is 18.5. The normalized spacial score (nSPS) is 16.4. The summed E-state index contributed by atoms with van der Waals surface area (Å²) >= 11 is 1.64. The molecule has 1 atom stereocenters. The van der Waals surface area contributed by atoms with Crippen LogP contribution in [0.4, 0.5) is 0 Å². The molecule has 140 valence electrons. The van der Waals surface area contributed by atoms with Gasteiger partial charge < -0.3 is 10.1 Å². The first-order valence-electron chi connectivity index (χ1n) is 9.10. The predicted molar refractivity (Wildman–Crippen MR) is 105 cm³/mol. The first-order valence-corrected chi connectivity index (χ1v) is 9.92. The van der Waals surface area contributed by atoms with Gasteiger partial charge in [0.2, 0.25) is 5.91 Å². The molecule has 3 rings (SSSR count). The molecule has 0 bridgehead atoms. The quantitative estimate of drug-likeness (QED) is 0.846. The first kappa shape index (κ1) is 19.0. The van der Waals surface area contributed by atoms with E-state index in [-0.39, 0.29) is 11.9 Å². The van der Waals surface area contributed by atoms with E-state index in [0.29, 0.717) is 6.42 Å².